The number of nitrogens with zero attached hydrogens (tertiary/aromatic N) is 2. The summed E-state index contributed by atoms with van der Waals surface area (Å²) in [5.74, 6) is -1.51. The highest BCUT2D eigenvalue weighted by molar-refractivity contribution is 7.80. The van der Waals surface area contributed by atoms with E-state index >= 15 is 0 Å². The quantitative estimate of drug-likeness (QED) is 0.302. The molecule has 3 aromatic rings. The van der Waals surface area contributed by atoms with E-state index in [9.17, 15) is 19.1 Å². The molecule has 10 heteroatoms. The highest BCUT2D eigenvalue weighted by Crippen LogP contribution is 2.17. The number of hydrogen-bond acceptors (Lipinski definition) is 5. The summed E-state index contributed by atoms with van der Waals surface area (Å²) in [5.41, 5.74) is 0.769. The van der Waals surface area contributed by atoms with Crippen LogP contribution >= 0.6 is 12.2 Å². The average Bonchev–Trinajstić information content (AvgIpc) is 2.66. The maximum absolute atomic E-state index is 14.0. The number of benzene rings is 2. The van der Waals surface area contributed by atoms with E-state index in [1.807, 2.05) is 23.2 Å². The van der Waals surface area contributed by atoms with E-state index in [0.717, 1.165) is 18.0 Å². The van der Waals surface area contributed by atoms with Gasteiger partial charge in [-0.15, -0.1) is 0 Å². The van der Waals surface area contributed by atoms with Crippen molar-refractivity contribution in [3.63, 3.8) is 0 Å². The van der Waals surface area contributed by atoms with E-state index < -0.39 is 22.9 Å². The smallest absolute Gasteiger partial charge is 0.335 e. The molecule has 0 saturated carbocycles. The molecule has 4 N–H and O–H groups in total. The number of hydrogen-bond donors (Lipinski definition) is 4. The standard InChI is InChI=1S/C18H14FN5O3S/c19-13-8-4-5-9-14(13)24-16(26)12(15(25)22-18(24)27)10-20-23-17(28)21-11-6-2-1-3-7-11/h1-10,26H,(H2,21,23,28)(H,22,25,27). The minimum atomic E-state index is -0.987. The third-order valence-electron chi connectivity index (χ3n) is 3.61. The van der Waals surface area contributed by atoms with Gasteiger partial charge in [-0.05, 0) is 36.5 Å². The molecule has 1 aromatic heterocycles. The zero-order valence-corrected chi connectivity index (χ0v) is 15.0. The van der Waals surface area contributed by atoms with Gasteiger partial charge in [-0.3, -0.25) is 15.2 Å². The Morgan fingerprint density at radius 1 is 1.14 bits per heavy atom. The Morgan fingerprint density at radius 3 is 2.54 bits per heavy atom. The molecular formula is C18H14FN5O3S. The number of thiocarbonyl (C=S) groups is 1. The second kappa shape index (κ2) is 8.27. The van der Waals surface area contributed by atoms with Gasteiger partial charge < -0.3 is 10.4 Å². The minimum absolute atomic E-state index is 0.140. The van der Waals surface area contributed by atoms with Crippen LogP contribution in [0.4, 0.5) is 10.1 Å². The van der Waals surface area contributed by atoms with Gasteiger partial charge in [0.15, 0.2) is 5.11 Å². The fourth-order valence-electron chi connectivity index (χ4n) is 2.35. The van der Waals surface area contributed by atoms with Crippen LogP contribution in [0.2, 0.25) is 0 Å². The Kier molecular flexibility index (Phi) is 5.61. The molecule has 0 saturated heterocycles. The largest absolute Gasteiger partial charge is 0.493 e. The lowest BCUT2D eigenvalue weighted by Gasteiger charge is -2.10. The van der Waals surface area contributed by atoms with E-state index in [-0.39, 0.29) is 16.4 Å². The van der Waals surface area contributed by atoms with Gasteiger partial charge in [0.25, 0.3) is 5.56 Å². The van der Waals surface area contributed by atoms with Crippen molar-refractivity contribution in [3.05, 3.63) is 86.8 Å². The van der Waals surface area contributed by atoms with Crippen LogP contribution in [-0.4, -0.2) is 26.0 Å². The number of para-hydroxylation sites is 2. The molecule has 0 bridgehead atoms. The number of aromatic hydroxyl groups is 1. The van der Waals surface area contributed by atoms with Gasteiger partial charge in [0, 0.05) is 5.69 Å². The molecule has 0 amide bonds. The lowest BCUT2D eigenvalue weighted by atomic mass is 10.2. The second-order valence-electron chi connectivity index (χ2n) is 5.47. The lowest BCUT2D eigenvalue weighted by Crippen LogP contribution is -2.32. The molecule has 0 atom stereocenters. The molecule has 8 nitrogen and oxygen atoms in total. The van der Waals surface area contributed by atoms with Crippen molar-refractivity contribution in [1.82, 2.24) is 15.0 Å². The average molecular weight is 399 g/mol. The Labute approximate surface area is 163 Å². The third kappa shape index (κ3) is 4.13. The maximum atomic E-state index is 14.0. The maximum Gasteiger partial charge on any atom is 0.335 e. The lowest BCUT2D eigenvalue weighted by molar-refractivity contribution is 0.427. The summed E-state index contributed by atoms with van der Waals surface area (Å²) in [5, 5.41) is 17.1. The number of anilines is 1. The van der Waals surface area contributed by atoms with Crippen molar-refractivity contribution >= 4 is 29.2 Å². The van der Waals surface area contributed by atoms with Gasteiger partial charge in [-0.2, -0.15) is 5.10 Å². The summed E-state index contributed by atoms with van der Waals surface area (Å²) in [7, 11) is 0. The Balaban J connectivity index is 1.86. The fourth-order valence-corrected chi connectivity index (χ4v) is 2.52. The van der Waals surface area contributed by atoms with Crippen LogP contribution in [0.15, 0.2) is 69.3 Å². The van der Waals surface area contributed by atoms with Crippen molar-refractivity contribution < 1.29 is 9.50 Å². The number of H-pyrrole nitrogens is 1. The number of nitrogens with one attached hydrogen (secondary N) is 3. The summed E-state index contributed by atoms with van der Waals surface area (Å²) < 4.78 is 14.6. The molecule has 0 aliphatic carbocycles. The molecule has 142 valence electrons. The van der Waals surface area contributed by atoms with E-state index in [1.54, 1.807) is 12.1 Å². The molecular weight excluding hydrogens is 385 g/mol. The zero-order chi connectivity index (χ0) is 20.1. The summed E-state index contributed by atoms with van der Waals surface area (Å²) in [6.45, 7) is 0. The number of rotatable bonds is 4. The number of halogens is 1. The third-order valence-corrected chi connectivity index (χ3v) is 3.80. The van der Waals surface area contributed by atoms with E-state index in [0.29, 0.717) is 4.57 Å². The highest BCUT2D eigenvalue weighted by Gasteiger charge is 2.16. The van der Waals surface area contributed by atoms with Gasteiger partial charge in [0.1, 0.15) is 11.4 Å². The summed E-state index contributed by atoms with van der Waals surface area (Å²) in [6.07, 6.45) is 0.976. The van der Waals surface area contributed by atoms with Gasteiger partial charge >= 0.3 is 5.69 Å². The first-order chi connectivity index (χ1) is 13.5. The van der Waals surface area contributed by atoms with Crippen molar-refractivity contribution in [2.24, 2.45) is 5.10 Å². The second-order valence-corrected chi connectivity index (χ2v) is 5.88. The van der Waals surface area contributed by atoms with Crippen LogP contribution in [0.3, 0.4) is 0 Å². The summed E-state index contributed by atoms with van der Waals surface area (Å²) >= 11 is 5.07. The van der Waals surface area contributed by atoms with Gasteiger partial charge in [0.05, 0.1) is 11.9 Å². The summed E-state index contributed by atoms with van der Waals surface area (Å²) in [4.78, 5) is 26.1. The molecule has 0 spiro atoms. The first kappa shape index (κ1) is 19.0. The normalized spacial score (nSPS) is 10.8. The molecule has 1 heterocycles. The van der Waals surface area contributed by atoms with Crippen LogP contribution in [0.1, 0.15) is 5.56 Å². The minimum Gasteiger partial charge on any atom is -0.493 e. The molecule has 2 aromatic carbocycles. The Morgan fingerprint density at radius 2 is 1.82 bits per heavy atom. The van der Waals surface area contributed by atoms with Crippen LogP contribution in [0.25, 0.3) is 5.69 Å². The first-order valence-electron chi connectivity index (χ1n) is 7.95. The Bertz CT molecular complexity index is 1160. The number of aromatic amines is 1. The van der Waals surface area contributed by atoms with Gasteiger partial charge in [-0.25, -0.2) is 13.8 Å². The predicted molar refractivity (Wildman–Crippen MR) is 108 cm³/mol. The van der Waals surface area contributed by atoms with Crippen molar-refractivity contribution in [3.8, 4) is 11.6 Å². The van der Waals surface area contributed by atoms with Crippen LogP contribution in [-0.2, 0) is 0 Å². The van der Waals surface area contributed by atoms with Crippen molar-refractivity contribution in [2.75, 3.05) is 5.32 Å². The predicted octanol–water partition coefficient (Wildman–Crippen LogP) is 1.69. The van der Waals surface area contributed by atoms with Gasteiger partial charge in [-0.1, -0.05) is 30.3 Å². The van der Waals surface area contributed by atoms with E-state index in [2.05, 4.69) is 15.8 Å². The van der Waals surface area contributed by atoms with Crippen LogP contribution in [0.5, 0.6) is 5.88 Å². The van der Waals surface area contributed by atoms with Crippen LogP contribution < -0.4 is 22.0 Å². The topological polar surface area (TPSA) is 112 Å². The SMILES string of the molecule is O=c1[nH]c(=O)n(-c2ccccc2F)c(O)c1C=NNC(=S)Nc1ccccc1. The van der Waals surface area contributed by atoms with Crippen molar-refractivity contribution in [2.45, 2.75) is 0 Å². The number of aromatic nitrogens is 2. The van der Waals surface area contributed by atoms with E-state index in [1.165, 1.54) is 18.2 Å². The zero-order valence-electron chi connectivity index (χ0n) is 14.2. The molecule has 0 aliphatic rings. The highest BCUT2D eigenvalue weighted by atomic mass is 32.1. The number of hydrazone groups is 1. The molecule has 0 fully saturated rings. The van der Waals surface area contributed by atoms with Gasteiger partial charge in [0.2, 0.25) is 5.88 Å². The molecule has 0 aliphatic heterocycles. The Hall–Kier alpha value is -3.79. The first-order valence-corrected chi connectivity index (χ1v) is 8.36. The fraction of sp³-hybridized carbons (Fsp3) is 0. The monoisotopic (exact) mass is 399 g/mol. The van der Waals surface area contributed by atoms with Crippen molar-refractivity contribution in [1.29, 1.82) is 0 Å². The van der Waals surface area contributed by atoms with E-state index in [4.69, 9.17) is 12.2 Å². The molecule has 28 heavy (non-hydrogen) atoms. The molecule has 3 rings (SSSR count). The molecule has 0 radical (unpaired) electrons. The van der Waals surface area contributed by atoms with Crippen LogP contribution in [0, 0.1) is 5.82 Å². The molecule has 0 unspecified atom stereocenters. The summed E-state index contributed by atoms with van der Waals surface area (Å²) in [6, 6.07) is 14.4.